The van der Waals surface area contributed by atoms with Gasteiger partial charge in [-0.05, 0) is 60.9 Å². The van der Waals surface area contributed by atoms with Gasteiger partial charge < -0.3 is 19.7 Å². The maximum atomic E-state index is 14.6. The lowest BCUT2D eigenvalue weighted by atomic mass is 10.0. The number of amides is 2. The van der Waals surface area contributed by atoms with Crippen LogP contribution in [-0.4, -0.2) is 58.5 Å². The molecule has 0 aliphatic heterocycles. The van der Waals surface area contributed by atoms with E-state index in [-0.39, 0.29) is 29.3 Å². The molecule has 0 saturated carbocycles. The highest BCUT2D eigenvalue weighted by Gasteiger charge is 2.35. The molecule has 0 spiro atoms. The Labute approximate surface area is 276 Å². The van der Waals surface area contributed by atoms with Crippen LogP contribution in [0.25, 0.3) is 0 Å². The van der Waals surface area contributed by atoms with Gasteiger partial charge in [0.2, 0.25) is 11.8 Å². The Balaban J connectivity index is 1.85. The average Bonchev–Trinajstić information content (AvgIpc) is 3.08. The zero-order chi connectivity index (χ0) is 34.0. The van der Waals surface area contributed by atoms with Crippen molar-refractivity contribution in [3.05, 3.63) is 120 Å². The lowest BCUT2D eigenvalue weighted by molar-refractivity contribution is -0.140. The van der Waals surface area contributed by atoms with Crippen LogP contribution in [0.1, 0.15) is 30.0 Å². The first-order valence-corrected chi connectivity index (χ1v) is 16.7. The number of hydrogen-bond acceptors (Lipinski definition) is 6. The fourth-order valence-electron chi connectivity index (χ4n) is 5.05. The molecule has 0 heterocycles. The first-order valence-electron chi connectivity index (χ1n) is 15.2. The molecule has 2 amide bonds. The van der Waals surface area contributed by atoms with Gasteiger partial charge in [0.1, 0.15) is 29.9 Å². The molecule has 0 saturated heterocycles. The number of methoxy groups -OCH3 is 2. The highest BCUT2D eigenvalue weighted by Crippen LogP contribution is 2.36. The van der Waals surface area contributed by atoms with E-state index < -0.39 is 40.2 Å². The predicted molar refractivity (Wildman–Crippen MR) is 179 cm³/mol. The van der Waals surface area contributed by atoms with Gasteiger partial charge >= 0.3 is 0 Å². The molecular weight excluding hydrogens is 621 g/mol. The molecule has 248 valence electrons. The van der Waals surface area contributed by atoms with Gasteiger partial charge in [0.05, 0.1) is 24.8 Å². The summed E-state index contributed by atoms with van der Waals surface area (Å²) in [5, 5.41) is 2.90. The largest absolute Gasteiger partial charge is 0.497 e. The van der Waals surface area contributed by atoms with E-state index in [1.54, 1.807) is 24.3 Å². The third-order valence-electron chi connectivity index (χ3n) is 7.63. The van der Waals surface area contributed by atoms with Crippen LogP contribution in [0, 0.1) is 12.7 Å². The zero-order valence-electron chi connectivity index (χ0n) is 27.0. The molecule has 0 aliphatic rings. The minimum atomic E-state index is -4.35. The molecule has 9 nitrogen and oxygen atoms in total. The summed E-state index contributed by atoms with van der Waals surface area (Å²) in [7, 11) is -1.51. The van der Waals surface area contributed by atoms with Crippen molar-refractivity contribution in [2.75, 3.05) is 31.6 Å². The Morgan fingerprint density at radius 1 is 0.872 bits per heavy atom. The van der Waals surface area contributed by atoms with Crippen LogP contribution in [0.3, 0.4) is 0 Å². The van der Waals surface area contributed by atoms with Gasteiger partial charge in [-0.1, -0.05) is 67.1 Å². The Hall–Kier alpha value is -4.90. The van der Waals surface area contributed by atoms with E-state index in [1.807, 2.05) is 44.2 Å². The molecule has 0 bridgehead atoms. The number of carbonyl (C=O) groups is 2. The van der Waals surface area contributed by atoms with Gasteiger partial charge in [-0.2, -0.15) is 0 Å². The molecule has 0 aliphatic carbocycles. The van der Waals surface area contributed by atoms with Gasteiger partial charge in [-0.15, -0.1) is 0 Å². The molecule has 1 atom stereocenters. The van der Waals surface area contributed by atoms with Crippen LogP contribution >= 0.6 is 0 Å². The summed E-state index contributed by atoms with van der Waals surface area (Å²) in [4.78, 5) is 29.7. The maximum absolute atomic E-state index is 14.6. The summed E-state index contributed by atoms with van der Waals surface area (Å²) in [6, 6.07) is 24.8. The number of benzene rings is 4. The van der Waals surface area contributed by atoms with Crippen molar-refractivity contribution >= 4 is 27.5 Å². The lowest BCUT2D eigenvalue weighted by Gasteiger charge is -2.34. The molecule has 47 heavy (non-hydrogen) atoms. The molecule has 0 aromatic heterocycles. The van der Waals surface area contributed by atoms with Crippen molar-refractivity contribution in [3.63, 3.8) is 0 Å². The number of carbonyl (C=O) groups excluding carboxylic acids is 2. The molecule has 0 radical (unpaired) electrons. The summed E-state index contributed by atoms with van der Waals surface area (Å²) >= 11 is 0. The molecule has 4 aromatic carbocycles. The number of anilines is 1. The van der Waals surface area contributed by atoms with Crippen LogP contribution in [0.15, 0.2) is 102 Å². The standard InChI is InChI=1S/C36H40FN3O6S/c1-5-21-38-36(42)33(22-27-9-7-6-8-10-27)39(24-28-13-15-29(37)16-14-28)35(41)25-40(32-23-30(45-3)17-20-34(32)46-4)47(43,44)31-18-11-26(2)12-19-31/h6-20,23,33H,5,21-22,24-25H2,1-4H3,(H,38,42). The van der Waals surface area contributed by atoms with Gasteiger partial charge in [0, 0.05) is 25.6 Å². The maximum Gasteiger partial charge on any atom is 0.264 e. The van der Waals surface area contributed by atoms with E-state index in [0.717, 1.165) is 15.4 Å². The second-order valence-electron chi connectivity index (χ2n) is 11.0. The number of nitrogens with zero attached hydrogens (tertiary/aromatic N) is 2. The number of rotatable bonds is 15. The van der Waals surface area contributed by atoms with Crippen molar-refractivity contribution < 1.29 is 31.9 Å². The van der Waals surface area contributed by atoms with E-state index in [0.29, 0.717) is 24.3 Å². The van der Waals surface area contributed by atoms with Crippen molar-refractivity contribution in [3.8, 4) is 11.5 Å². The lowest BCUT2D eigenvalue weighted by Crippen LogP contribution is -2.53. The Bertz CT molecular complexity index is 1750. The number of ether oxygens (including phenoxy) is 2. The summed E-state index contributed by atoms with van der Waals surface area (Å²) in [6.45, 7) is 3.39. The number of sulfonamides is 1. The van der Waals surface area contributed by atoms with Crippen LogP contribution in [0.4, 0.5) is 10.1 Å². The summed E-state index contributed by atoms with van der Waals surface area (Å²) < 4.78 is 54.5. The van der Waals surface area contributed by atoms with Gasteiger partial charge in [-0.3, -0.25) is 13.9 Å². The first kappa shape index (κ1) is 35.0. The van der Waals surface area contributed by atoms with Gasteiger partial charge in [0.15, 0.2) is 0 Å². The molecule has 1 N–H and O–H groups in total. The molecular formula is C36H40FN3O6S. The van der Waals surface area contributed by atoms with Crippen molar-refractivity contribution in [1.29, 1.82) is 0 Å². The Morgan fingerprint density at radius 3 is 2.17 bits per heavy atom. The van der Waals surface area contributed by atoms with Crippen molar-refractivity contribution in [1.82, 2.24) is 10.2 Å². The normalized spacial score (nSPS) is 11.8. The average molecular weight is 662 g/mol. The van der Waals surface area contributed by atoms with Crippen LogP contribution < -0.4 is 19.1 Å². The van der Waals surface area contributed by atoms with E-state index in [1.165, 1.54) is 61.6 Å². The molecule has 0 fully saturated rings. The van der Waals surface area contributed by atoms with Crippen molar-refractivity contribution in [2.45, 2.75) is 44.2 Å². The third kappa shape index (κ3) is 8.88. The van der Waals surface area contributed by atoms with Crippen LogP contribution in [0.2, 0.25) is 0 Å². The van der Waals surface area contributed by atoms with E-state index in [9.17, 15) is 22.4 Å². The molecule has 4 rings (SSSR count). The Kier molecular flexibility index (Phi) is 12.0. The quantitative estimate of drug-likeness (QED) is 0.180. The summed E-state index contributed by atoms with van der Waals surface area (Å²) in [6.07, 6.45) is 0.838. The number of hydrogen-bond donors (Lipinski definition) is 1. The highest BCUT2D eigenvalue weighted by atomic mass is 32.2. The van der Waals surface area contributed by atoms with Gasteiger partial charge in [0.25, 0.3) is 10.0 Å². The van der Waals surface area contributed by atoms with E-state index in [2.05, 4.69) is 5.32 Å². The monoisotopic (exact) mass is 661 g/mol. The first-order chi connectivity index (χ1) is 22.6. The van der Waals surface area contributed by atoms with Crippen molar-refractivity contribution in [2.24, 2.45) is 0 Å². The fourth-order valence-corrected chi connectivity index (χ4v) is 6.47. The second-order valence-corrected chi connectivity index (χ2v) is 12.9. The second kappa shape index (κ2) is 16.1. The summed E-state index contributed by atoms with van der Waals surface area (Å²) in [5.74, 6) is -0.948. The topological polar surface area (TPSA) is 105 Å². The smallest absolute Gasteiger partial charge is 0.264 e. The summed E-state index contributed by atoms with van der Waals surface area (Å²) in [5.41, 5.74) is 2.31. The zero-order valence-corrected chi connectivity index (χ0v) is 27.8. The third-order valence-corrected chi connectivity index (χ3v) is 9.40. The van der Waals surface area contributed by atoms with E-state index in [4.69, 9.17) is 9.47 Å². The fraction of sp³-hybridized carbons (Fsp3) is 0.278. The predicted octanol–water partition coefficient (Wildman–Crippen LogP) is 5.51. The number of aryl methyl sites for hydroxylation is 1. The molecule has 4 aromatic rings. The SMILES string of the molecule is CCCNC(=O)C(Cc1ccccc1)N(Cc1ccc(F)cc1)C(=O)CN(c1cc(OC)ccc1OC)S(=O)(=O)c1ccc(C)cc1. The molecule has 11 heteroatoms. The van der Waals surface area contributed by atoms with E-state index >= 15 is 0 Å². The van der Waals surface area contributed by atoms with Crippen LogP contribution in [0.5, 0.6) is 11.5 Å². The molecule has 1 unspecified atom stereocenters. The number of halogens is 1. The minimum absolute atomic E-state index is 0.0348. The minimum Gasteiger partial charge on any atom is -0.497 e. The van der Waals surface area contributed by atoms with Gasteiger partial charge in [-0.25, -0.2) is 12.8 Å². The Morgan fingerprint density at radius 2 is 1.55 bits per heavy atom. The van der Waals surface area contributed by atoms with Crippen LogP contribution in [-0.2, 0) is 32.6 Å². The number of nitrogens with one attached hydrogen (secondary N) is 1. The highest BCUT2D eigenvalue weighted by molar-refractivity contribution is 7.92.